The standard InChI is InChI=1S/C10H3F9O/c11-8(12,13)5-2-7(10(17,18)19)6(9(14,15)16)1-4(5)3-20/h1-3H. The van der Waals surface area contributed by atoms with Crippen molar-refractivity contribution in [1.82, 2.24) is 0 Å². The monoisotopic (exact) mass is 310 g/mol. The van der Waals surface area contributed by atoms with Crippen LogP contribution in [0, 0.1) is 0 Å². The molecule has 0 N–H and O–H groups in total. The SMILES string of the molecule is O=Cc1cc(C(F)(F)F)c(C(F)(F)F)cc1C(F)(F)F. The fraction of sp³-hybridized carbons (Fsp3) is 0.300. The Hall–Kier alpha value is -1.74. The third-order valence-corrected chi connectivity index (χ3v) is 2.23. The van der Waals surface area contributed by atoms with Gasteiger partial charge in [-0.3, -0.25) is 4.79 Å². The molecule has 0 aliphatic rings. The molecule has 1 nitrogen and oxygen atoms in total. The fourth-order valence-corrected chi connectivity index (χ4v) is 1.43. The van der Waals surface area contributed by atoms with E-state index in [0.717, 1.165) is 0 Å². The molecular formula is C10H3F9O. The van der Waals surface area contributed by atoms with Gasteiger partial charge in [0.05, 0.1) is 16.7 Å². The molecule has 112 valence electrons. The largest absolute Gasteiger partial charge is 0.417 e. The van der Waals surface area contributed by atoms with E-state index in [9.17, 15) is 44.3 Å². The molecule has 0 heterocycles. The molecule has 0 unspecified atom stereocenters. The summed E-state index contributed by atoms with van der Waals surface area (Å²) in [6.45, 7) is 0. The molecule has 0 saturated carbocycles. The Morgan fingerprint density at radius 1 is 0.650 bits per heavy atom. The Labute approximate surface area is 105 Å². The van der Waals surface area contributed by atoms with Crippen molar-refractivity contribution in [1.29, 1.82) is 0 Å². The van der Waals surface area contributed by atoms with Crippen LogP contribution >= 0.6 is 0 Å². The van der Waals surface area contributed by atoms with Gasteiger partial charge in [-0.2, -0.15) is 39.5 Å². The summed E-state index contributed by atoms with van der Waals surface area (Å²) in [5, 5.41) is 0. The number of hydrogen-bond donors (Lipinski definition) is 0. The van der Waals surface area contributed by atoms with E-state index in [1.807, 2.05) is 0 Å². The summed E-state index contributed by atoms with van der Waals surface area (Å²) >= 11 is 0. The maximum atomic E-state index is 12.4. The highest BCUT2D eigenvalue weighted by Gasteiger charge is 2.46. The first-order chi connectivity index (χ1) is 8.78. The maximum absolute atomic E-state index is 12.4. The van der Waals surface area contributed by atoms with E-state index in [1.54, 1.807) is 0 Å². The van der Waals surface area contributed by atoms with Crippen LogP contribution in [0.25, 0.3) is 0 Å². The smallest absolute Gasteiger partial charge is 0.298 e. The van der Waals surface area contributed by atoms with E-state index in [1.165, 1.54) is 0 Å². The molecule has 0 aliphatic heterocycles. The molecule has 0 amide bonds. The molecule has 20 heavy (non-hydrogen) atoms. The number of aldehydes is 1. The van der Waals surface area contributed by atoms with Crippen molar-refractivity contribution >= 4 is 6.29 Å². The molecule has 0 spiro atoms. The maximum Gasteiger partial charge on any atom is 0.417 e. The fourth-order valence-electron chi connectivity index (χ4n) is 1.43. The molecule has 1 aromatic carbocycles. The lowest BCUT2D eigenvalue weighted by Crippen LogP contribution is -2.20. The third kappa shape index (κ3) is 3.23. The van der Waals surface area contributed by atoms with Gasteiger partial charge >= 0.3 is 18.5 Å². The second-order valence-corrected chi connectivity index (χ2v) is 3.60. The summed E-state index contributed by atoms with van der Waals surface area (Å²) in [4.78, 5) is 10.4. The molecule has 10 heteroatoms. The van der Waals surface area contributed by atoms with Crippen LogP contribution in [0.1, 0.15) is 27.0 Å². The quantitative estimate of drug-likeness (QED) is 0.549. The van der Waals surface area contributed by atoms with Crippen LogP contribution in [-0.4, -0.2) is 6.29 Å². The molecule has 0 bridgehead atoms. The predicted octanol–water partition coefficient (Wildman–Crippen LogP) is 4.56. The number of rotatable bonds is 1. The van der Waals surface area contributed by atoms with Crippen LogP contribution < -0.4 is 0 Å². The minimum absolute atomic E-state index is 0.460. The van der Waals surface area contributed by atoms with Gasteiger partial charge in [-0.25, -0.2) is 0 Å². The van der Waals surface area contributed by atoms with Gasteiger partial charge in [-0.1, -0.05) is 0 Å². The molecule has 0 radical (unpaired) electrons. The zero-order valence-electron chi connectivity index (χ0n) is 9.04. The van der Waals surface area contributed by atoms with Crippen LogP contribution in [0.15, 0.2) is 12.1 Å². The van der Waals surface area contributed by atoms with E-state index < -0.39 is 59.2 Å². The minimum atomic E-state index is -5.65. The second kappa shape index (κ2) is 4.67. The van der Waals surface area contributed by atoms with Gasteiger partial charge in [0.1, 0.15) is 0 Å². The number of carbonyl (C=O) groups excluding carboxylic acids is 1. The first kappa shape index (κ1) is 16.3. The normalized spacial score (nSPS) is 13.4. The van der Waals surface area contributed by atoms with E-state index in [-0.39, 0.29) is 0 Å². The number of halogens is 9. The van der Waals surface area contributed by atoms with E-state index >= 15 is 0 Å². The zero-order chi connectivity index (χ0) is 15.9. The summed E-state index contributed by atoms with van der Waals surface area (Å²) in [5.74, 6) is 0. The zero-order valence-corrected chi connectivity index (χ0v) is 9.04. The minimum Gasteiger partial charge on any atom is -0.298 e. The van der Waals surface area contributed by atoms with Crippen LogP contribution in [0.3, 0.4) is 0 Å². The summed E-state index contributed by atoms with van der Waals surface area (Å²) in [5.41, 5.74) is -8.44. The van der Waals surface area contributed by atoms with Crippen LogP contribution in [-0.2, 0) is 18.5 Å². The van der Waals surface area contributed by atoms with Crippen LogP contribution in [0.4, 0.5) is 39.5 Å². The Balaban J connectivity index is 3.77. The predicted molar refractivity (Wildman–Crippen MR) is 46.8 cm³/mol. The molecule has 1 rings (SSSR count). The van der Waals surface area contributed by atoms with E-state index in [0.29, 0.717) is 0 Å². The summed E-state index contributed by atoms with van der Waals surface area (Å²) < 4.78 is 112. The van der Waals surface area contributed by atoms with Crippen LogP contribution in [0.5, 0.6) is 0 Å². The molecule has 0 fully saturated rings. The number of benzene rings is 1. The van der Waals surface area contributed by atoms with Crippen LogP contribution in [0.2, 0.25) is 0 Å². The van der Waals surface area contributed by atoms with Crippen molar-refractivity contribution < 1.29 is 44.3 Å². The molecule has 0 aliphatic carbocycles. The van der Waals surface area contributed by atoms with E-state index in [4.69, 9.17) is 0 Å². The third-order valence-electron chi connectivity index (χ3n) is 2.23. The Morgan fingerprint density at radius 2 is 1.00 bits per heavy atom. The first-order valence-corrected chi connectivity index (χ1v) is 4.63. The topological polar surface area (TPSA) is 17.1 Å². The second-order valence-electron chi connectivity index (χ2n) is 3.60. The Kier molecular flexibility index (Phi) is 3.81. The number of carbonyl (C=O) groups is 1. The van der Waals surface area contributed by atoms with Crippen molar-refractivity contribution in [2.45, 2.75) is 18.5 Å². The molecule has 0 atom stereocenters. The molecular weight excluding hydrogens is 307 g/mol. The molecule has 0 aromatic heterocycles. The van der Waals surface area contributed by atoms with Gasteiger partial charge in [-0.15, -0.1) is 0 Å². The lowest BCUT2D eigenvalue weighted by molar-refractivity contribution is -0.163. The highest BCUT2D eigenvalue weighted by atomic mass is 19.4. The van der Waals surface area contributed by atoms with Crippen molar-refractivity contribution in [2.24, 2.45) is 0 Å². The number of hydrogen-bond acceptors (Lipinski definition) is 1. The summed E-state index contributed by atoms with van der Waals surface area (Å²) in [6.07, 6.45) is -17.2. The van der Waals surface area contributed by atoms with Crippen molar-refractivity contribution in [3.63, 3.8) is 0 Å². The first-order valence-electron chi connectivity index (χ1n) is 4.63. The average Bonchev–Trinajstić information content (AvgIpc) is 2.23. The molecule has 0 saturated heterocycles. The average molecular weight is 310 g/mol. The lowest BCUT2D eigenvalue weighted by Gasteiger charge is -2.19. The highest BCUT2D eigenvalue weighted by molar-refractivity contribution is 5.78. The Morgan fingerprint density at radius 3 is 1.30 bits per heavy atom. The van der Waals surface area contributed by atoms with Crippen molar-refractivity contribution in [2.75, 3.05) is 0 Å². The van der Waals surface area contributed by atoms with Gasteiger partial charge in [0.2, 0.25) is 0 Å². The summed E-state index contributed by atoms with van der Waals surface area (Å²) in [6, 6.07) is -1.18. The van der Waals surface area contributed by atoms with Gasteiger partial charge in [0.25, 0.3) is 0 Å². The summed E-state index contributed by atoms with van der Waals surface area (Å²) in [7, 11) is 0. The van der Waals surface area contributed by atoms with Crippen molar-refractivity contribution in [3.05, 3.63) is 34.4 Å². The highest BCUT2D eigenvalue weighted by Crippen LogP contribution is 2.44. The van der Waals surface area contributed by atoms with Gasteiger partial charge in [0, 0.05) is 5.56 Å². The van der Waals surface area contributed by atoms with Gasteiger partial charge in [0.15, 0.2) is 6.29 Å². The van der Waals surface area contributed by atoms with Gasteiger partial charge in [-0.05, 0) is 12.1 Å². The van der Waals surface area contributed by atoms with Crippen molar-refractivity contribution in [3.8, 4) is 0 Å². The Bertz CT molecular complexity index is 521. The molecule has 1 aromatic rings. The van der Waals surface area contributed by atoms with Gasteiger partial charge < -0.3 is 0 Å². The number of alkyl halides is 9. The van der Waals surface area contributed by atoms with E-state index in [2.05, 4.69) is 0 Å². The lowest BCUT2D eigenvalue weighted by atomic mass is 9.97.